The van der Waals surface area contributed by atoms with E-state index in [1.165, 1.54) is 37.5 Å². The minimum Gasteiger partial charge on any atom is -0.469 e. The summed E-state index contributed by atoms with van der Waals surface area (Å²) in [4.78, 5) is 20.9. The zero-order valence-corrected chi connectivity index (χ0v) is 9.62. The lowest BCUT2D eigenvalue weighted by molar-refractivity contribution is -0.384. The van der Waals surface area contributed by atoms with Crippen molar-refractivity contribution < 1.29 is 14.5 Å². The number of non-ortho nitro benzene ring substituents is 1. The average Bonchev–Trinajstić information content (AvgIpc) is 2.37. The summed E-state index contributed by atoms with van der Waals surface area (Å²) in [6.07, 6.45) is 3.12. The van der Waals surface area contributed by atoms with Crippen molar-refractivity contribution in [3.05, 3.63) is 45.5 Å². The van der Waals surface area contributed by atoms with Gasteiger partial charge >= 0.3 is 5.97 Å². The largest absolute Gasteiger partial charge is 0.469 e. The van der Waals surface area contributed by atoms with Crippen LogP contribution < -0.4 is 0 Å². The van der Waals surface area contributed by atoms with E-state index < -0.39 is 10.9 Å². The number of rotatable bonds is 4. The highest BCUT2D eigenvalue weighted by Gasteiger charge is 2.08. The molecule has 0 aliphatic carbocycles. The molecular weight excluding hydrogens is 236 g/mol. The van der Waals surface area contributed by atoms with Gasteiger partial charge in [0.15, 0.2) is 0 Å². The molecule has 1 aromatic rings. The lowest BCUT2D eigenvalue weighted by Crippen LogP contribution is -1.96. The molecule has 18 heavy (non-hydrogen) atoms. The van der Waals surface area contributed by atoms with Crippen molar-refractivity contribution in [1.29, 1.82) is 5.26 Å². The third-order valence-electron chi connectivity index (χ3n) is 2.10. The number of nitriles is 1. The summed E-state index contributed by atoms with van der Waals surface area (Å²) in [5.74, 6) is -0.405. The van der Waals surface area contributed by atoms with Gasteiger partial charge in [-0.05, 0) is 11.6 Å². The van der Waals surface area contributed by atoms with E-state index in [0.717, 1.165) is 0 Å². The molecule has 0 atom stereocenters. The van der Waals surface area contributed by atoms with Crippen LogP contribution in [0.1, 0.15) is 17.5 Å². The first-order valence-corrected chi connectivity index (χ1v) is 4.99. The quantitative estimate of drug-likeness (QED) is 0.460. The van der Waals surface area contributed by atoms with Crippen LogP contribution in [0.4, 0.5) is 5.69 Å². The van der Waals surface area contributed by atoms with E-state index in [0.29, 0.717) is 5.56 Å². The summed E-state index contributed by atoms with van der Waals surface area (Å²) in [5.41, 5.74) is 0.526. The van der Waals surface area contributed by atoms with Crippen molar-refractivity contribution in [2.75, 3.05) is 7.11 Å². The molecule has 0 radical (unpaired) electrons. The molecule has 0 aliphatic rings. The van der Waals surface area contributed by atoms with Gasteiger partial charge in [0.25, 0.3) is 5.69 Å². The maximum absolute atomic E-state index is 10.9. The molecule has 92 valence electrons. The molecule has 1 aromatic carbocycles. The molecule has 1 rings (SSSR count). The number of methoxy groups -OCH3 is 1. The van der Waals surface area contributed by atoms with Gasteiger partial charge in [0.2, 0.25) is 0 Å². The molecule has 6 nitrogen and oxygen atoms in total. The fraction of sp³-hybridized carbons (Fsp3) is 0.167. The summed E-state index contributed by atoms with van der Waals surface area (Å²) < 4.78 is 4.44. The predicted molar refractivity (Wildman–Crippen MR) is 63.5 cm³/mol. The highest BCUT2D eigenvalue weighted by atomic mass is 16.6. The third kappa shape index (κ3) is 3.72. The summed E-state index contributed by atoms with van der Waals surface area (Å²) in [6.45, 7) is 0. The summed E-state index contributed by atoms with van der Waals surface area (Å²) >= 11 is 0. The first-order chi connectivity index (χ1) is 8.56. The molecule has 0 N–H and O–H groups in total. The average molecular weight is 246 g/mol. The number of nitro benzene ring substituents is 1. The Balaban J connectivity index is 2.95. The lowest BCUT2D eigenvalue weighted by atomic mass is 10.1. The topological polar surface area (TPSA) is 93.2 Å². The SMILES string of the molecule is COC(=O)CC=Cc1cc(C#N)cc([N+](=O)[O-])c1. The Morgan fingerprint density at radius 3 is 2.83 bits per heavy atom. The molecule has 0 heterocycles. The summed E-state index contributed by atoms with van der Waals surface area (Å²) in [5, 5.41) is 19.4. The van der Waals surface area contributed by atoms with Gasteiger partial charge in [0.05, 0.1) is 30.1 Å². The molecule has 0 fully saturated rings. The van der Waals surface area contributed by atoms with E-state index in [4.69, 9.17) is 5.26 Å². The van der Waals surface area contributed by atoms with Crippen LogP contribution in [-0.4, -0.2) is 18.0 Å². The fourth-order valence-corrected chi connectivity index (χ4v) is 1.28. The van der Waals surface area contributed by atoms with E-state index in [-0.39, 0.29) is 17.7 Å². The second-order valence-corrected chi connectivity index (χ2v) is 3.36. The van der Waals surface area contributed by atoms with Crippen molar-refractivity contribution in [2.24, 2.45) is 0 Å². The standard InChI is InChI=1S/C12H10N2O4/c1-18-12(15)4-2-3-9-5-10(8-13)7-11(6-9)14(16)17/h2-3,5-7H,4H2,1H3. The van der Waals surface area contributed by atoms with Crippen molar-refractivity contribution >= 4 is 17.7 Å². The third-order valence-corrected chi connectivity index (χ3v) is 2.10. The number of ether oxygens (including phenoxy) is 1. The highest BCUT2D eigenvalue weighted by Crippen LogP contribution is 2.18. The molecule has 0 bridgehead atoms. The lowest BCUT2D eigenvalue weighted by Gasteiger charge is -1.97. The smallest absolute Gasteiger partial charge is 0.309 e. The van der Waals surface area contributed by atoms with Gasteiger partial charge in [0, 0.05) is 12.1 Å². The summed E-state index contributed by atoms with van der Waals surface area (Å²) in [6, 6.07) is 5.86. The van der Waals surface area contributed by atoms with Gasteiger partial charge in [-0.25, -0.2) is 0 Å². The number of esters is 1. The maximum atomic E-state index is 10.9. The first kappa shape index (κ1) is 13.4. The van der Waals surface area contributed by atoms with Crippen LogP contribution in [0.25, 0.3) is 6.08 Å². The Morgan fingerprint density at radius 1 is 1.56 bits per heavy atom. The molecular formula is C12H10N2O4. The minimum absolute atomic E-state index is 0.0705. The second kappa shape index (κ2) is 6.15. The van der Waals surface area contributed by atoms with E-state index in [9.17, 15) is 14.9 Å². The van der Waals surface area contributed by atoms with Crippen LogP contribution in [-0.2, 0) is 9.53 Å². The number of carbonyl (C=O) groups is 1. The minimum atomic E-state index is -0.571. The van der Waals surface area contributed by atoms with Crippen molar-refractivity contribution in [3.63, 3.8) is 0 Å². The molecule has 0 saturated carbocycles. The van der Waals surface area contributed by atoms with Gasteiger partial charge in [-0.2, -0.15) is 5.26 Å². The highest BCUT2D eigenvalue weighted by molar-refractivity contribution is 5.72. The monoisotopic (exact) mass is 246 g/mol. The number of hydrogen-bond donors (Lipinski definition) is 0. The van der Waals surface area contributed by atoms with Crippen LogP contribution in [0.2, 0.25) is 0 Å². The second-order valence-electron chi connectivity index (χ2n) is 3.36. The number of hydrogen-bond acceptors (Lipinski definition) is 5. The Labute approximate surface area is 103 Å². The number of nitro groups is 1. The Hall–Kier alpha value is -2.68. The van der Waals surface area contributed by atoms with Crippen molar-refractivity contribution in [1.82, 2.24) is 0 Å². The number of nitrogens with zero attached hydrogens (tertiary/aromatic N) is 2. The van der Waals surface area contributed by atoms with E-state index in [1.54, 1.807) is 0 Å². The van der Waals surface area contributed by atoms with Gasteiger partial charge in [-0.3, -0.25) is 14.9 Å². The number of carbonyl (C=O) groups excluding carboxylic acids is 1. The van der Waals surface area contributed by atoms with Gasteiger partial charge in [-0.1, -0.05) is 12.2 Å². The summed E-state index contributed by atoms with van der Waals surface area (Å²) in [7, 11) is 1.28. The molecule has 6 heteroatoms. The van der Waals surface area contributed by atoms with Crippen LogP contribution in [0.3, 0.4) is 0 Å². The van der Waals surface area contributed by atoms with Crippen LogP contribution in [0, 0.1) is 21.4 Å². The fourth-order valence-electron chi connectivity index (χ4n) is 1.28. The van der Waals surface area contributed by atoms with Crippen LogP contribution >= 0.6 is 0 Å². The predicted octanol–water partition coefficient (Wildman–Crippen LogP) is 2.04. The molecule has 0 aromatic heterocycles. The Kier molecular flexibility index (Phi) is 4.58. The van der Waals surface area contributed by atoms with E-state index in [1.807, 2.05) is 6.07 Å². The Bertz CT molecular complexity index is 543. The van der Waals surface area contributed by atoms with Crippen molar-refractivity contribution in [2.45, 2.75) is 6.42 Å². The molecule has 0 amide bonds. The van der Waals surface area contributed by atoms with Crippen LogP contribution in [0.5, 0.6) is 0 Å². The molecule has 0 saturated heterocycles. The molecule has 0 unspecified atom stereocenters. The molecule has 0 spiro atoms. The van der Waals surface area contributed by atoms with Gasteiger partial charge in [0.1, 0.15) is 0 Å². The zero-order valence-electron chi connectivity index (χ0n) is 9.62. The van der Waals surface area contributed by atoms with Gasteiger partial charge in [-0.15, -0.1) is 0 Å². The number of benzene rings is 1. The maximum Gasteiger partial charge on any atom is 0.309 e. The van der Waals surface area contributed by atoms with Crippen LogP contribution in [0.15, 0.2) is 24.3 Å². The Morgan fingerprint density at radius 2 is 2.28 bits per heavy atom. The zero-order chi connectivity index (χ0) is 13.5. The van der Waals surface area contributed by atoms with E-state index in [2.05, 4.69) is 4.74 Å². The first-order valence-electron chi connectivity index (χ1n) is 4.99. The molecule has 0 aliphatic heterocycles. The normalized spacial score (nSPS) is 10.0. The van der Waals surface area contributed by atoms with Gasteiger partial charge < -0.3 is 4.74 Å². The van der Waals surface area contributed by atoms with E-state index >= 15 is 0 Å². The van der Waals surface area contributed by atoms with Crippen molar-refractivity contribution in [3.8, 4) is 6.07 Å².